The molecule has 0 aliphatic heterocycles. The Hall–Kier alpha value is -1.35. The maximum absolute atomic E-state index is 12.2. The van der Waals surface area contributed by atoms with Gasteiger partial charge in [-0.25, -0.2) is 13.2 Å². The van der Waals surface area contributed by atoms with Gasteiger partial charge in [0, 0.05) is 12.6 Å². The molecule has 0 aliphatic rings. The molecule has 1 N–H and O–H groups in total. The SMILES string of the molecule is COc1ccc(S(=O)(=O)CNCCOCC(=O)OC(C)(C)C)c(Cl)c1. The number of methoxy groups -OCH3 is 1. The number of nitrogens with one attached hydrogen (secondary N) is 1. The molecule has 1 aromatic rings. The van der Waals surface area contributed by atoms with Crippen molar-refractivity contribution < 1.29 is 27.4 Å². The lowest BCUT2D eigenvalue weighted by Crippen LogP contribution is -2.29. The van der Waals surface area contributed by atoms with Gasteiger partial charge < -0.3 is 19.5 Å². The zero-order chi connectivity index (χ0) is 19.1. The normalized spacial score (nSPS) is 12.0. The van der Waals surface area contributed by atoms with Crippen LogP contribution < -0.4 is 10.1 Å². The van der Waals surface area contributed by atoms with Crippen molar-refractivity contribution in [3.05, 3.63) is 23.2 Å². The van der Waals surface area contributed by atoms with Crippen molar-refractivity contribution in [2.75, 3.05) is 32.7 Å². The van der Waals surface area contributed by atoms with Gasteiger partial charge >= 0.3 is 5.97 Å². The Morgan fingerprint density at radius 1 is 1.28 bits per heavy atom. The third kappa shape index (κ3) is 8.04. The fourth-order valence-corrected chi connectivity index (χ4v) is 3.54. The van der Waals surface area contributed by atoms with Crippen LogP contribution in [0.1, 0.15) is 20.8 Å². The van der Waals surface area contributed by atoms with Crippen LogP contribution in [0, 0.1) is 0 Å². The van der Waals surface area contributed by atoms with Crippen molar-refractivity contribution in [1.82, 2.24) is 5.32 Å². The molecule has 0 aromatic heterocycles. The summed E-state index contributed by atoms with van der Waals surface area (Å²) in [6, 6.07) is 4.37. The number of halogens is 1. The highest BCUT2D eigenvalue weighted by Crippen LogP contribution is 2.26. The van der Waals surface area contributed by atoms with Gasteiger partial charge in [0.1, 0.15) is 23.8 Å². The van der Waals surface area contributed by atoms with Gasteiger partial charge in [-0.15, -0.1) is 0 Å². The van der Waals surface area contributed by atoms with Crippen molar-refractivity contribution in [3.63, 3.8) is 0 Å². The molecule has 0 spiro atoms. The van der Waals surface area contributed by atoms with Crippen molar-refractivity contribution in [3.8, 4) is 5.75 Å². The molecule has 0 aliphatic carbocycles. The Balaban J connectivity index is 2.37. The first-order chi connectivity index (χ1) is 11.5. The fraction of sp³-hybridized carbons (Fsp3) is 0.562. The lowest BCUT2D eigenvalue weighted by atomic mass is 10.2. The smallest absolute Gasteiger partial charge is 0.332 e. The zero-order valence-corrected chi connectivity index (χ0v) is 16.4. The Morgan fingerprint density at radius 3 is 2.52 bits per heavy atom. The van der Waals surface area contributed by atoms with Gasteiger partial charge in [-0.3, -0.25) is 0 Å². The van der Waals surface area contributed by atoms with E-state index in [-0.39, 0.29) is 35.6 Å². The minimum Gasteiger partial charge on any atom is -0.497 e. The van der Waals surface area contributed by atoms with Crippen LogP contribution in [0.3, 0.4) is 0 Å². The maximum Gasteiger partial charge on any atom is 0.332 e. The van der Waals surface area contributed by atoms with Crippen LogP contribution in [0.5, 0.6) is 5.75 Å². The van der Waals surface area contributed by atoms with E-state index < -0.39 is 21.4 Å². The van der Waals surface area contributed by atoms with E-state index in [9.17, 15) is 13.2 Å². The summed E-state index contributed by atoms with van der Waals surface area (Å²) < 4.78 is 39.7. The summed E-state index contributed by atoms with van der Waals surface area (Å²) in [6.07, 6.45) is 0. The Morgan fingerprint density at radius 2 is 1.96 bits per heavy atom. The van der Waals surface area contributed by atoms with Crippen LogP contribution in [0.15, 0.2) is 23.1 Å². The quantitative estimate of drug-likeness (QED) is 0.507. The van der Waals surface area contributed by atoms with Gasteiger partial charge in [0.25, 0.3) is 0 Å². The molecular formula is C16H24ClNO6S. The Kier molecular flexibility index (Phi) is 8.14. The Labute approximate surface area is 153 Å². The molecule has 7 nitrogen and oxygen atoms in total. The van der Waals surface area contributed by atoms with Crippen molar-refractivity contribution >= 4 is 27.4 Å². The number of carbonyl (C=O) groups excluding carboxylic acids is 1. The van der Waals surface area contributed by atoms with Gasteiger partial charge in [-0.2, -0.15) is 0 Å². The summed E-state index contributed by atoms with van der Waals surface area (Å²) in [5.74, 6) is -0.285. The van der Waals surface area contributed by atoms with Crippen LogP contribution in [-0.2, 0) is 24.1 Å². The lowest BCUT2D eigenvalue weighted by molar-refractivity contribution is -0.160. The average molecular weight is 394 g/mol. The lowest BCUT2D eigenvalue weighted by Gasteiger charge is -2.19. The molecule has 25 heavy (non-hydrogen) atoms. The second-order valence-electron chi connectivity index (χ2n) is 6.19. The molecule has 0 saturated carbocycles. The second kappa shape index (κ2) is 9.38. The molecule has 0 heterocycles. The molecule has 0 atom stereocenters. The second-order valence-corrected chi connectivity index (χ2v) is 8.56. The van der Waals surface area contributed by atoms with Crippen LogP contribution in [0.2, 0.25) is 5.02 Å². The predicted octanol–water partition coefficient (Wildman–Crippen LogP) is 2.03. The molecule has 9 heteroatoms. The van der Waals surface area contributed by atoms with E-state index in [1.54, 1.807) is 20.8 Å². The van der Waals surface area contributed by atoms with Crippen LogP contribution >= 0.6 is 11.6 Å². The molecule has 0 radical (unpaired) electrons. The first-order valence-electron chi connectivity index (χ1n) is 7.62. The van der Waals surface area contributed by atoms with Gasteiger partial charge in [0.2, 0.25) is 0 Å². The number of carbonyl (C=O) groups is 1. The summed E-state index contributed by atoms with van der Waals surface area (Å²) in [5.41, 5.74) is -0.565. The minimum atomic E-state index is -3.59. The van der Waals surface area contributed by atoms with Gasteiger partial charge in [-0.05, 0) is 32.9 Å². The highest BCUT2D eigenvalue weighted by atomic mass is 35.5. The van der Waals surface area contributed by atoms with Crippen LogP contribution in [-0.4, -0.2) is 52.7 Å². The van der Waals surface area contributed by atoms with Crippen molar-refractivity contribution in [2.45, 2.75) is 31.3 Å². The van der Waals surface area contributed by atoms with E-state index in [4.69, 9.17) is 25.8 Å². The molecule has 142 valence electrons. The van der Waals surface area contributed by atoms with Gasteiger partial charge in [0.05, 0.1) is 23.6 Å². The largest absolute Gasteiger partial charge is 0.497 e. The highest BCUT2D eigenvalue weighted by Gasteiger charge is 2.18. The first-order valence-corrected chi connectivity index (χ1v) is 9.65. The summed E-state index contributed by atoms with van der Waals surface area (Å²) in [4.78, 5) is 11.5. The number of rotatable bonds is 9. The number of esters is 1. The highest BCUT2D eigenvalue weighted by molar-refractivity contribution is 7.91. The molecule has 1 rings (SSSR count). The van der Waals surface area contributed by atoms with Crippen LogP contribution in [0.25, 0.3) is 0 Å². The average Bonchev–Trinajstić information content (AvgIpc) is 2.48. The topological polar surface area (TPSA) is 90.9 Å². The third-order valence-corrected chi connectivity index (χ3v) is 4.86. The molecule has 0 fully saturated rings. The number of benzene rings is 1. The zero-order valence-electron chi connectivity index (χ0n) is 14.8. The summed E-state index contributed by atoms with van der Waals surface area (Å²) in [6.45, 7) is 5.54. The first kappa shape index (κ1) is 21.7. The molecule has 0 amide bonds. The molecule has 0 bridgehead atoms. The Bertz CT molecular complexity index is 684. The standard InChI is InChI=1S/C16H24ClNO6S/c1-16(2,3)24-15(19)10-23-8-7-18-11-25(20,21)14-6-5-12(22-4)9-13(14)17/h5-6,9,18H,7-8,10-11H2,1-4H3. The third-order valence-electron chi connectivity index (χ3n) is 2.83. The van der Waals surface area contributed by atoms with E-state index in [0.29, 0.717) is 5.75 Å². The van der Waals surface area contributed by atoms with Crippen molar-refractivity contribution in [1.29, 1.82) is 0 Å². The number of sulfone groups is 1. The van der Waals surface area contributed by atoms with Gasteiger partial charge in [-0.1, -0.05) is 11.6 Å². The molecule has 0 unspecified atom stereocenters. The predicted molar refractivity (Wildman–Crippen MR) is 94.7 cm³/mol. The van der Waals surface area contributed by atoms with E-state index in [1.165, 1.54) is 25.3 Å². The summed E-state index contributed by atoms with van der Waals surface area (Å²) in [7, 11) is -2.12. The van der Waals surface area contributed by atoms with Gasteiger partial charge in [0.15, 0.2) is 9.84 Å². The molecular weight excluding hydrogens is 370 g/mol. The summed E-state index contributed by atoms with van der Waals surface area (Å²) >= 11 is 5.98. The van der Waals surface area contributed by atoms with E-state index in [2.05, 4.69) is 5.32 Å². The maximum atomic E-state index is 12.2. The van der Waals surface area contributed by atoms with E-state index in [0.717, 1.165) is 0 Å². The number of hydrogen-bond acceptors (Lipinski definition) is 7. The van der Waals surface area contributed by atoms with Crippen molar-refractivity contribution in [2.24, 2.45) is 0 Å². The minimum absolute atomic E-state index is 0.0251. The van der Waals surface area contributed by atoms with Crippen LogP contribution in [0.4, 0.5) is 0 Å². The number of ether oxygens (including phenoxy) is 3. The monoisotopic (exact) mass is 393 g/mol. The number of hydrogen-bond donors (Lipinski definition) is 1. The molecule has 0 saturated heterocycles. The van der Waals surface area contributed by atoms with E-state index >= 15 is 0 Å². The molecule has 1 aromatic carbocycles. The summed E-state index contributed by atoms with van der Waals surface area (Å²) in [5, 5.41) is 2.85. The van der Waals surface area contributed by atoms with E-state index in [1.807, 2.05) is 0 Å². The fourth-order valence-electron chi connectivity index (χ4n) is 1.82.